The summed E-state index contributed by atoms with van der Waals surface area (Å²) in [5.41, 5.74) is 5.37. The number of hydrogen-bond donors (Lipinski definition) is 1. The highest BCUT2D eigenvalue weighted by atomic mass is 16.1. The molecule has 0 saturated carbocycles. The van der Waals surface area contributed by atoms with E-state index in [0.717, 1.165) is 22.7 Å². The van der Waals surface area contributed by atoms with Gasteiger partial charge in [-0.05, 0) is 17.5 Å². The largest absolute Gasteiger partial charge is 0.324 e. The second-order valence-electron chi connectivity index (χ2n) is 2.97. The summed E-state index contributed by atoms with van der Waals surface area (Å²) in [5, 5.41) is 2.17. The van der Waals surface area contributed by atoms with Gasteiger partial charge in [0.05, 0.1) is 5.56 Å². The van der Waals surface area contributed by atoms with Crippen LogP contribution >= 0.6 is 0 Å². The van der Waals surface area contributed by atoms with Crippen LogP contribution in [0.3, 0.4) is 0 Å². The quantitative estimate of drug-likeness (QED) is 0.651. The van der Waals surface area contributed by atoms with Gasteiger partial charge >= 0.3 is 0 Å². The molecule has 0 aliphatic carbocycles. The molecular weight excluding hydrogens is 162 g/mol. The lowest BCUT2D eigenvalue weighted by molar-refractivity contribution is -0.252. The first-order valence-corrected chi connectivity index (χ1v) is 4.12. The van der Waals surface area contributed by atoms with Crippen LogP contribution in [0.25, 0.3) is 10.8 Å². The van der Waals surface area contributed by atoms with Gasteiger partial charge in [0.15, 0.2) is 6.29 Å². The summed E-state index contributed by atoms with van der Waals surface area (Å²) in [4.78, 5) is 10.6. The number of benzene rings is 2. The van der Waals surface area contributed by atoms with E-state index in [9.17, 15) is 4.79 Å². The SMILES string of the molecule is [NH3+]c1c(C=O)ccc2ccccc12. The molecule has 2 nitrogen and oxygen atoms in total. The molecule has 2 heteroatoms. The number of quaternary nitrogens is 1. The van der Waals surface area contributed by atoms with Crippen molar-refractivity contribution < 1.29 is 10.5 Å². The number of hydrogen-bond acceptors (Lipinski definition) is 1. The van der Waals surface area contributed by atoms with Crippen molar-refractivity contribution in [2.24, 2.45) is 0 Å². The van der Waals surface area contributed by atoms with Gasteiger partial charge in [0, 0.05) is 5.39 Å². The first-order chi connectivity index (χ1) is 6.33. The van der Waals surface area contributed by atoms with E-state index in [-0.39, 0.29) is 0 Å². The minimum absolute atomic E-state index is 0.665. The normalized spacial score (nSPS) is 10.2. The molecule has 13 heavy (non-hydrogen) atoms. The Bertz CT molecular complexity index is 463. The van der Waals surface area contributed by atoms with Gasteiger partial charge in [0.2, 0.25) is 0 Å². The Morgan fingerprint density at radius 1 is 1.08 bits per heavy atom. The van der Waals surface area contributed by atoms with Gasteiger partial charge < -0.3 is 5.73 Å². The smallest absolute Gasteiger partial charge is 0.156 e. The fraction of sp³-hybridized carbons (Fsp3) is 0. The predicted molar refractivity (Wildman–Crippen MR) is 51.9 cm³/mol. The van der Waals surface area contributed by atoms with Crippen LogP contribution in [0.5, 0.6) is 0 Å². The fourth-order valence-corrected chi connectivity index (χ4v) is 1.46. The molecule has 0 aromatic heterocycles. The van der Waals surface area contributed by atoms with Gasteiger partial charge in [-0.1, -0.05) is 24.3 Å². The van der Waals surface area contributed by atoms with E-state index in [2.05, 4.69) is 5.73 Å². The van der Waals surface area contributed by atoms with Crippen molar-refractivity contribution >= 4 is 22.7 Å². The molecule has 2 rings (SSSR count). The first kappa shape index (κ1) is 7.95. The Hall–Kier alpha value is -1.67. The zero-order valence-corrected chi connectivity index (χ0v) is 7.16. The van der Waals surface area contributed by atoms with E-state index < -0.39 is 0 Å². The maximum Gasteiger partial charge on any atom is 0.156 e. The van der Waals surface area contributed by atoms with Crippen LogP contribution < -0.4 is 5.73 Å². The highest BCUT2D eigenvalue weighted by molar-refractivity contribution is 5.98. The van der Waals surface area contributed by atoms with E-state index in [0.29, 0.717) is 5.56 Å². The Kier molecular flexibility index (Phi) is 1.83. The lowest BCUT2D eigenvalue weighted by atomic mass is 10.1. The molecule has 2 aromatic rings. The van der Waals surface area contributed by atoms with E-state index in [1.54, 1.807) is 6.07 Å². The third-order valence-corrected chi connectivity index (χ3v) is 2.20. The molecule has 3 N–H and O–H groups in total. The van der Waals surface area contributed by atoms with E-state index in [1.165, 1.54) is 0 Å². The minimum atomic E-state index is 0.665. The van der Waals surface area contributed by atoms with Gasteiger partial charge in [0.1, 0.15) is 5.69 Å². The van der Waals surface area contributed by atoms with Crippen molar-refractivity contribution in [1.82, 2.24) is 0 Å². The lowest BCUT2D eigenvalue weighted by Crippen LogP contribution is -2.41. The molecule has 0 amide bonds. The van der Waals surface area contributed by atoms with E-state index >= 15 is 0 Å². The topological polar surface area (TPSA) is 44.7 Å². The summed E-state index contributed by atoms with van der Waals surface area (Å²) in [7, 11) is 0. The Labute approximate surface area is 76.0 Å². The zero-order chi connectivity index (χ0) is 9.26. The monoisotopic (exact) mass is 172 g/mol. The molecule has 0 spiro atoms. The molecule has 2 aromatic carbocycles. The highest BCUT2D eigenvalue weighted by Gasteiger charge is 2.05. The number of carbonyl (C=O) groups is 1. The average molecular weight is 172 g/mol. The maximum atomic E-state index is 10.6. The molecule has 0 radical (unpaired) electrons. The van der Waals surface area contributed by atoms with Crippen molar-refractivity contribution in [3.8, 4) is 0 Å². The predicted octanol–water partition coefficient (Wildman–Crippen LogP) is 1.53. The van der Waals surface area contributed by atoms with E-state index in [1.807, 2.05) is 30.3 Å². The summed E-state index contributed by atoms with van der Waals surface area (Å²) in [5.74, 6) is 0. The van der Waals surface area contributed by atoms with E-state index in [4.69, 9.17) is 0 Å². The zero-order valence-electron chi connectivity index (χ0n) is 7.16. The summed E-state index contributed by atoms with van der Waals surface area (Å²) in [6.45, 7) is 0. The van der Waals surface area contributed by atoms with Gasteiger partial charge in [-0.25, -0.2) is 0 Å². The lowest BCUT2D eigenvalue weighted by Gasteiger charge is -1.99. The standard InChI is InChI=1S/C11H9NO/c12-11-9(7-13)6-5-8-3-1-2-4-10(8)11/h1-7H,12H2/p+1. The fourth-order valence-electron chi connectivity index (χ4n) is 1.46. The molecule has 0 saturated heterocycles. The summed E-state index contributed by atoms with van der Waals surface area (Å²) in [6, 6.07) is 11.7. The number of fused-ring (bicyclic) bond motifs is 1. The van der Waals surface area contributed by atoms with Crippen LogP contribution in [-0.4, -0.2) is 6.29 Å². The summed E-state index contributed by atoms with van der Waals surface area (Å²) >= 11 is 0. The first-order valence-electron chi connectivity index (χ1n) is 4.12. The van der Waals surface area contributed by atoms with Crippen molar-refractivity contribution in [3.63, 3.8) is 0 Å². The van der Waals surface area contributed by atoms with Gasteiger partial charge in [0.25, 0.3) is 0 Å². The van der Waals surface area contributed by atoms with Gasteiger partial charge in [-0.2, -0.15) is 0 Å². The number of aldehydes is 1. The molecule has 0 aliphatic heterocycles. The molecule has 0 heterocycles. The van der Waals surface area contributed by atoms with Crippen LogP contribution in [-0.2, 0) is 0 Å². The molecule has 0 aliphatic rings. The molecule has 0 unspecified atom stereocenters. The van der Waals surface area contributed by atoms with Crippen LogP contribution in [0.1, 0.15) is 10.4 Å². The van der Waals surface area contributed by atoms with Crippen molar-refractivity contribution in [2.75, 3.05) is 0 Å². The van der Waals surface area contributed by atoms with Crippen LogP contribution in [0.15, 0.2) is 36.4 Å². The molecule has 0 fully saturated rings. The maximum absolute atomic E-state index is 10.6. The van der Waals surface area contributed by atoms with Crippen molar-refractivity contribution in [3.05, 3.63) is 42.0 Å². The Morgan fingerprint density at radius 2 is 1.85 bits per heavy atom. The van der Waals surface area contributed by atoms with Gasteiger partial charge in [-0.15, -0.1) is 0 Å². The summed E-state index contributed by atoms with van der Waals surface area (Å²) < 4.78 is 0. The number of carbonyl (C=O) groups excluding carboxylic acids is 1. The van der Waals surface area contributed by atoms with Crippen LogP contribution in [0.4, 0.5) is 5.69 Å². The molecule has 0 atom stereocenters. The van der Waals surface area contributed by atoms with Crippen LogP contribution in [0, 0.1) is 0 Å². The van der Waals surface area contributed by atoms with Crippen LogP contribution in [0.2, 0.25) is 0 Å². The summed E-state index contributed by atoms with van der Waals surface area (Å²) in [6.07, 6.45) is 0.842. The molecule has 0 bridgehead atoms. The number of rotatable bonds is 1. The third-order valence-electron chi connectivity index (χ3n) is 2.20. The molecule has 64 valence electrons. The highest BCUT2D eigenvalue weighted by Crippen LogP contribution is 2.21. The Balaban J connectivity index is 2.86. The second kappa shape index (κ2) is 2.99. The molecular formula is C11H10NO+. The second-order valence-corrected chi connectivity index (χ2v) is 2.97. The van der Waals surface area contributed by atoms with Crippen molar-refractivity contribution in [1.29, 1.82) is 0 Å². The third kappa shape index (κ3) is 1.21. The van der Waals surface area contributed by atoms with Crippen molar-refractivity contribution in [2.45, 2.75) is 0 Å². The Morgan fingerprint density at radius 3 is 2.62 bits per heavy atom. The minimum Gasteiger partial charge on any atom is -0.324 e. The average Bonchev–Trinajstić information content (AvgIpc) is 2.19. The van der Waals surface area contributed by atoms with Gasteiger partial charge in [-0.3, -0.25) is 4.79 Å².